The third kappa shape index (κ3) is 2.14. The van der Waals surface area contributed by atoms with Crippen molar-refractivity contribution in [1.29, 1.82) is 0 Å². The first-order valence-corrected chi connectivity index (χ1v) is 5.85. The monoisotopic (exact) mass is 301 g/mol. The molecule has 2 rings (SSSR count). The second kappa shape index (κ2) is 4.57. The summed E-state index contributed by atoms with van der Waals surface area (Å²) in [4.78, 5) is 0. The van der Waals surface area contributed by atoms with E-state index >= 15 is 0 Å². The molecule has 1 aromatic heterocycles. The van der Waals surface area contributed by atoms with E-state index in [1.54, 1.807) is 19.1 Å². The van der Waals surface area contributed by atoms with Gasteiger partial charge in [0, 0.05) is 16.1 Å². The molecule has 3 nitrogen and oxygen atoms in total. The maximum atomic E-state index is 9.34. The Balaban J connectivity index is 2.47. The highest BCUT2D eigenvalue weighted by Gasteiger charge is 2.13. The van der Waals surface area contributed by atoms with Crippen molar-refractivity contribution < 1.29 is 9.63 Å². The number of hydrogen-bond donors (Lipinski definition) is 1. The first-order chi connectivity index (χ1) is 7.59. The van der Waals surface area contributed by atoms with Crippen LogP contribution in [-0.4, -0.2) is 10.3 Å². The van der Waals surface area contributed by atoms with E-state index in [4.69, 9.17) is 16.1 Å². The number of rotatable bonds is 2. The Labute approximate surface area is 106 Å². The van der Waals surface area contributed by atoms with Crippen LogP contribution in [0.4, 0.5) is 0 Å². The van der Waals surface area contributed by atoms with Gasteiger partial charge in [-0.2, -0.15) is 0 Å². The fourth-order valence-electron chi connectivity index (χ4n) is 1.31. The highest BCUT2D eigenvalue weighted by atomic mass is 79.9. The summed E-state index contributed by atoms with van der Waals surface area (Å²) in [5.41, 5.74) is 1.48. The molecule has 0 radical (unpaired) electrons. The standard InChI is InChI=1S/C11H9BrClNO2/c1-6(15)10-5-9(14-16-10)7-3-2-4-8(13)11(7)12/h2-6,15H,1H3. The lowest BCUT2D eigenvalue weighted by atomic mass is 10.1. The Morgan fingerprint density at radius 2 is 2.25 bits per heavy atom. The van der Waals surface area contributed by atoms with Crippen molar-refractivity contribution in [3.05, 3.63) is 39.5 Å². The van der Waals surface area contributed by atoms with Gasteiger partial charge in [-0.05, 0) is 28.9 Å². The van der Waals surface area contributed by atoms with Crippen LogP contribution in [0.1, 0.15) is 18.8 Å². The summed E-state index contributed by atoms with van der Waals surface area (Å²) >= 11 is 9.37. The molecule has 0 aliphatic rings. The molecule has 5 heteroatoms. The molecule has 0 amide bonds. The van der Waals surface area contributed by atoms with Gasteiger partial charge >= 0.3 is 0 Å². The van der Waals surface area contributed by atoms with E-state index < -0.39 is 6.10 Å². The fraction of sp³-hybridized carbons (Fsp3) is 0.182. The van der Waals surface area contributed by atoms with Crippen molar-refractivity contribution in [2.45, 2.75) is 13.0 Å². The zero-order valence-corrected chi connectivity index (χ0v) is 10.8. The number of aliphatic hydroxyl groups excluding tert-OH is 1. The van der Waals surface area contributed by atoms with Crippen LogP contribution in [-0.2, 0) is 0 Å². The Hall–Kier alpha value is -0.840. The minimum Gasteiger partial charge on any atom is -0.385 e. The number of aromatic nitrogens is 1. The maximum absolute atomic E-state index is 9.34. The molecular formula is C11H9BrClNO2. The van der Waals surface area contributed by atoms with Crippen LogP contribution in [0.3, 0.4) is 0 Å². The lowest BCUT2D eigenvalue weighted by Crippen LogP contribution is -1.85. The Morgan fingerprint density at radius 3 is 2.88 bits per heavy atom. The number of nitrogens with zero attached hydrogens (tertiary/aromatic N) is 1. The molecule has 0 bridgehead atoms. The minimum atomic E-state index is -0.667. The van der Waals surface area contributed by atoms with Crippen LogP contribution < -0.4 is 0 Å². The summed E-state index contributed by atoms with van der Waals surface area (Å²) in [6.45, 7) is 1.62. The molecule has 1 N–H and O–H groups in total. The van der Waals surface area contributed by atoms with Crippen LogP contribution in [0.15, 0.2) is 33.3 Å². The molecular weight excluding hydrogens is 293 g/mol. The summed E-state index contributed by atoms with van der Waals surface area (Å²) in [5.74, 6) is 0.432. The molecule has 0 saturated carbocycles. The predicted molar refractivity (Wildman–Crippen MR) is 65.3 cm³/mol. The first kappa shape index (κ1) is 11.6. The van der Waals surface area contributed by atoms with E-state index in [1.165, 1.54) is 0 Å². The first-order valence-electron chi connectivity index (χ1n) is 4.68. The molecule has 1 unspecified atom stereocenters. The summed E-state index contributed by atoms with van der Waals surface area (Å²) in [6, 6.07) is 7.19. The molecule has 0 aliphatic carbocycles. The van der Waals surface area contributed by atoms with Crippen LogP contribution in [0.2, 0.25) is 5.02 Å². The van der Waals surface area contributed by atoms with Crippen LogP contribution in [0, 0.1) is 0 Å². The van der Waals surface area contributed by atoms with Crippen molar-refractivity contribution in [2.24, 2.45) is 0 Å². The van der Waals surface area contributed by atoms with Crippen molar-refractivity contribution >= 4 is 27.5 Å². The Bertz CT molecular complexity index is 510. The zero-order chi connectivity index (χ0) is 11.7. The molecule has 1 heterocycles. The molecule has 0 fully saturated rings. The smallest absolute Gasteiger partial charge is 0.165 e. The third-order valence-electron chi connectivity index (χ3n) is 2.17. The van der Waals surface area contributed by atoms with Crippen molar-refractivity contribution in [3.8, 4) is 11.3 Å². The molecule has 2 aromatic rings. The van der Waals surface area contributed by atoms with Gasteiger partial charge in [-0.1, -0.05) is 28.9 Å². The summed E-state index contributed by atoms with van der Waals surface area (Å²) in [5, 5.41) is 13.8. The number of benzene rings is 1. The van der Waals surface area contributed by atoms with E-state index in [0.29, 0.717) is 16.5 Å². The average Bonchev–Trinajstić information content (AvgIpc) is 2.71. The van der Waals surface area contributed by atoms with Gasteiger partial charge in [-0.3, -0.25) is 0 Å². The predicted octanol–water partition coefficient (Wildman–Crippen LogP) is 3.81. The normalized spacial score (nSPS) is 12.8. The summed E-state index contributed by atoms with van der Waals surface area (Å²) < 4.78 is 5.78. The molecule has 0 saturated heterocycles. The van der Waals surface area contributed by atoms with Gasteiger partial charge in [-0.25, -0.2) is 0 Å². The van der Waals surface area contributed by atoms with E-state index in [-0.39, 0.29) is 0 Å². The highest BCUT2D eigenvalue weighted by molar-refractivity contribution is 9.10. The second-order valence-electron chi connectivity index (χ2n) is 3.39. The van der Waals surface area contributed by atoms with Gasteiger partial charge in [0.25, 0.3) is 0 Å². The van der Waals surface area contributed by atoms with Gasteiger partial charge in [0.2, 0.25) is 0 Å². The topological polar surface area (TPSA) is 46.3 Å². The van der Waals surface area contributed by atoms with Crippen molar-refractivity contribution in [3.63, 3.8) is 0 Å². The molecule has 16 heavy (non-hydrogen) atoms. The molecule has 0 aliphatic heterocycles. The summed E-state index contributed by atoms with van der Waals surface area (Å²) in [7, 11) is 0. The van der Waals surface area contributed by atoms with E-state index in [0.717, 1.165) is 10.0 Å². The highest BCUT2D eigenvalue weighted by Crippen LogP contribution is 2.33. The Morgan fingerprint density at radius 1 is 1.50 bits per heavy atom. The van der Waals surface area contributed by atoms with Gasteiger partial charge in [0.05, 0.1) is 5.02 Å². The van der Waals surface area contributed by atoms with Crippen LogP contribution in [0.5, 0.6) is 0 Å². The fourth-order valence-corrected chi connectivity index (χ4v) is 1.96. The minimum absolute atomic E-state index is 0.432. The average molecular weight is 303 g/mol. The van der Waals surface area contributed by atoms with E-state index in [9.17, 15) is 5.11 Å². The number of hydrogen-bond acceptors (Lipinski definition) is 3. The van der Waals surface area contributed by atoms with Gasteiger partial charge in [-0.15, -0.1) is 0 Å². The van der Waals surface area contributed by atoms with Crippen molar-refractivity contribution in [1.82, 2.24) is 5.16 Å². The third-order valence-corrected chi connectivity index (χ3v) is 3.57. The SMILES string of the molecule is CC(O)c1cc(-c2cccc(Cl)c2Br)no1. The molecule has 1 atom stereocenters. The molecule has 0 spiro atoms. The van der Waals surface area contributed by atoms with Crippen LogP contribution in [0.25, 0.3) is 11.3 Å². The largest absolute Gasteiger partial charge is 0.385 e. The molecule has 84 valence electrons. The lowest BCUT2D eigenvalue weighted by molar-refractivity contribution is 0.158. The van der Waals surface area contributed by atoms with Gasteiger partial charge in [0.15, 0.2) is 5.76 Å². The number of aliphatic hydroxyl groups is 1. The zero-order valence-electron chi connectivity index (χ0n) is 8.45. The van der Waals surface area contributed by atoms with Gasteiger partial charge < -0.3 is 9.63 Å². The number of halogens is 2. The quantitative estimate of drug-likeness (QED) is 0.917. The van der Waals surface area contributed by atoms with Crippen LogP contribution >= 0.6 is 27.5 Å². The van der Waals surface area contributed by atoms with E-state index in [2.05, 4.69) is 21.1 Å². The van der Waals surface area contributed by atoms with Gasteiger partial charge in [0.1, 0.15) is 11.8 Å². The lowest BCUT2D eigenvalue weighted by Gasteiger charge is -2.01. The second-order valence-corrected chi connectivity index (χ2v) is 4.59. The maximum Gasteiger partial charge on any atom is 0.165 e. The Kier molecular flexibility index (Phi) is 3.33. The van der Waals surface area contributed by atoms with Crippen molar-refractivity contribution in [2.75, 3.05) is 0 Å². The molecule has 1 aromatic carbocycles. The van der Waals surface area contributed by atoms with E-state index in [1.807, 2.05) is 12.1 Å². The summed E-state index contributed by atoms with van der Waals surface area (Å²) in [6.07, 6.45) is -0.667.